The summed E-state index contributed by atoms with van der Waals surface area (Å²) in [5.74, 6) is -1.73. The van der Waals surface area contributed by atoms with Gasteiger partial charge in [-0.2, -0.15) is 0 Å². The Hall–Kier alpha value is -1.10. The van der Waals surface area contributed by atoms with Crippen molar-refractivity contribution in [2.24, 2.45) is 0 Å². The molecular formula is C10H18NO4-. The van der Waals surface area contributed by atoms with Crippen molar-refractivity contribution in [2.45, 2.75) is 33.2 Å². The Bertz CT molecular complexity index is 213. The highest BCUT2D eigenvalue weighted by molar-refractivity contribution is 5.80. The number of carbonyl (C=O) groups excluding carboxylic acids is 2. The summed E-state index contributed by atoms with van der Waals surface area (Å²) >= 11 is 0. The van der Waals surface area contributed by atoms with E-state index < -0.39 is 18.0 Å². The smallest absolute Gasteiger partial charge is 0.307 e. The van der Waals surface area contributed by atoms with Crippen LogP contribution in [0.2, 0.25) is 0 Å². The number of ether oxygens (including phenoxy) is 1. The third-order valence-electron chi connectivity index (χ3n) is 2.19. The highest BCUT2D eigenvalue weighted by Gasteiger charge is 2.20. The van der Waals surface area contributed by atoms with Crippen LogP contribution in [0, 0.1) is 0 Å². The van der Waals surface area contributed by atoms with E-state index in [1.165, 1.54) is 0 Å². The number of hydrogen-bond donors (Lipinski definition) is 0. The highest BCUT2D eigenvalue weighted by Crippen LogP contribution is 2.04. The molecule has 1 atom stereocenters. The lowest BCUT2D eigenvalue weighted by atomic mass is 10.1. The fourth-order valence-electron chi connectivity index (χ4n) is 1.40. The summed E-state index contributed by atoms with van der Waals surface area (Å²) in [6.07, 6.45) is -0.155. The van der Waals surface area contributed by atoms with Gasteiger partial charge in [-0.25, -0.2) is 0 Å². The minimum Gasteiger partial charge on any atom is -0.548 e. The van der Waals surface area contributed by atoms with E-state index in [2.05, 4.69) is 0 Å². The molecule has 5 nitrogen and oxygen atoms in total. The summed E-state index contributed by atoms with van der Waals surface area (Å²) in [4.78, 5) is 23.7. The first-order valence-electron chi connectivity index (χ1n) is 5.17. The Balaban J connectivity index is 4.39. The molecule has 0 spiro atoms. The van der Waals surface area contributed by atoms with Gasteiger partial charge in [-0.05, 0) is 20.0 Å². The molecular weight excluding hydrogens is 198 g/mol. The molecule has 0 saturated heterocycles. The predicted octanol–water partition coefficient (Wildman–Crippen LogP) is -0.600. The number of aliphatic carboxylic acids is 1. The van der Waals surface area contributed by atoms with Gasteiger partial charge in [0.2, 0.25) is 0 Å². The normalized spacial score (nSPS) is 12.5. The Morgan fingerprint density at radius 3 is 2.13 bits per heavy atom. The summed E-state index contributed by atoms with van der Waals surface area (Å²) in [5.41, 5.74) is 0. The number of nitrogens with zero attached hydrogens (tertiary/aromatic N) is 1. The van der Waals surface area contributed by atoms with Crippen molar-refractivity contribution in [1.82, 2.24) is 4.90 Å². The second-order valence-electron chi connectivity index (χ2n) is 3.07. The van der Waals surface area contributed by atoms with Crippen LogP contribution in [0.25, 0.3) is 0 Å². The summed E-state index contributed by atoms with van der Waals surface area (Å²) in [6, 6.07) is -0.890. The van der Waals surface area contributed by atoms with E-state index >= 15 is 0 Å². The zero-order valence-corrected chi connectivity index (χ0v) is 9.49. The lowest BCUT2D eigenvalue weighted by Gasteiger charge is -2.29. The van der Waals surface area contributed by atoms with Gasteiger partial charge in [-0.3, -0.25) is 9.69 Å². The number of likely N-dealkylation sites (N-methyl/N-ethyl adjacent to an activating group) is 1. The quantitative estimate of drug-likeness (QED) is 0.531. The van der Waals surface area contributed by atoms with Crippen LogP contribution in [-0.2, 0) is 14.3 Å². The molecule has 15 heavy (non-hydrogen) atoms. The SMILES string of the molecule is CCOC(=O)C[C@@H](C(=O)[O-])N(CC)CC. The molecule has 0 aromatic heterocycles. The van der Waals surface area contributed by atoms with Crippen molar-refractivity contribution >= 4 is 11.9 Å². The first kappa shape index (κ1) is 13.9. The molecule has 88 valence electrons. The van der Waals surface area contributed by atoms with Gasteiger partial charge in [-0.15, -0.1) is 0 Å². The van der Waals surface area contributed by atoms with Gasteiger partial charge in [0.25, 0.3) is 0 Å². The Kier molecular flexibility index (Phi) is 6.70. The van der Waals surface area contributed by atoms with E-state index in [4.69, 9.17) is 4.74 Å². The summed E-state index contributed by atoms with van der Waals surface area (Å²) in [5, 5.41) is 10.8. The molecule has 0 aliphatic heterocycles. The molecule has 5 heteroatoms. The van der Waals surface area contributed by atoms with E-state index in [1.54, 1.807) is 11.8 Å². The van der Waals surface area contributed by atoms with Gasteiger partial charge >= 0.3 is 5.97 Å². The molecule has 0 radical (unpaired) electrons. The van der Waals surface area contributed by atoms with Crippen molar-refractivity contribution in [3.8, 4) is 0 Å². The Morgan fingerprint density at radius 1 is 1.27 bits per heavy atom. The van der Waals surface area contributed by atoms with Crippen LogP contribution in [0.15, 0.2) is 0 Å². The zero-order valence-electron chi connectivity index (χ0n) is 9.49. The molecule has 0 aromatic carbocycles. The van der Waals surface area contributed by atoms with E-state index in [9.17, 15) is 14.7 Å². The topological polar surface area (TPSA) is 69.7 Å². The number of carbonyl (C=O) groups is 2. The van der Waals surface area contributed by atoms with Crippen LogP contribution in [0.5, 0.6) is 0 Å². The molecule has 0 fully saturated rings. The lowest BCUT2D eigenvalue weighted by molar-refractivity contribution is -0.312. The third kappa shape index (κ3) is 4.78. The molecule has 0 rings (SSSR count). The predicted molar refractivity (Wildman–Crippen MR) is 53.0 cm³/mol. The van der Waals surface area contributed by atoms with Gasteiger partial charge in [0, 0.05) is 0 Å². The lowest BCUT2D eigenvalue weighted by Crippen LogP contribution is -2.49. The Labute approximate surface area is 90.0 Å². The van der Waals surface area contributed by atoms with Crippen LogP contribution < -0.4 is 5.11 Å². The molecule has 0 aliphatic carbocycles. The van der Waals surface area contributed by atoms with Crippen molar-refractivity contribution in [3.63, 3.8) is 0 Å². The van der Waals surface area contributed by atoms with Crippen LogP contribution in [0.3, 0.4) is 0 Å². The number of carboxylic acid groups (broad SMARTS) is 1. The first-order valence-corrected chi connectivity index (χ1v) is 5.17. The maximum Gasteiger partial charge on any atom is 0.307 e. The van der Waals surface area contributed by atoms with Crippen LogP contribution in [-0.4, -0.2) is 42.6 Å². The first-order chi connectivity index (χ1) is 7.06. The van der Waals surface area contributed by atoms with Gasteiger partial charge in [0.15, 0.2) is 0 Å². The second-order valence-corrected chi connectivity index (χ2v) is 3.07. The minimum absolute atomic E-state index is 0.155. The number of esters is 1. The van der Waals surface area contributed by atoms with Gasteiger partial charge in [0.1, 0.15) is 0 Å². The zero-order chi connectivity index (χ0) is 11.8. The number of hydrogen-bond acceptors (Lipinski definition) is 5. The molecule has 0 bridgehead atoms. The number of carboxylic acids is 1. The molecule has 0 aliphatic rings. The summed E-state index contributed by atoms with van der Waals surface area (Å²) in [6.45, 7) is 6.75. The third-order valence-corrected chi connectivity index (χ3v) is 2.19. The van der Waals surface area contributed by atoms with Crippen molar-refractivity contribution < 1.29 is 19.4 Å². The van der Waals surface area contributed by atoms with Crippen molar-refractivity contribution in [1.29, 1.82) is 0 Å². The van der Waals surface area contributed by atoms with Gasteiger partial charge in [0.05, 0.1) is 25.0 Å². The molecule has 0 N–H and O–H groups in total. The Morgan fingerprint density at radius 2 is 1.80 bits per heavy atom. The molecule has 0 heterocycles. The van der Waals surface area contributed by atoms with E-state index in [0.717, 1.165) is 0 Å². The monoisotopic (exact) mass is 216 g/mol. The highest BCUT2D eigenvalue weighted by atomic mass is 16.5. The summed E-state index contributed by atoms with van der Waals surface area (Å²) in [7, 11) is 0. The second kappa shape index (κ2) is 7.23. The van der Waals surface area contributed by atoms with Crippen molar-refractivity contribution in [3.05, 3.63) is 0 Å². The average molecular weight is 216 g/mol. The van der Waals surface area contributed by atoms with Gasteiger partial charge < -0.3 is 14.6 Å². The molecule has 0 saturated carbocycles. The van der Waals surface area contributed by atoms with Gasteiger partial charge in [-0.1, -0.05) is 13.8 Å². The average Bonchev–Trinajstić information content (AvgIpc) is 2.18. The largest absolute Gasteiger partial charge is 0.548 e. The van der Waals surface area contributed by atoms with Crippen LogP contribution in [0.4, 0.5) is 0 Å². The molecule has 0 aromatic rings. The maximum atomic E-state index is 11.2. The molecule has 0 unspecified atom stereocenters. The minimum atomic E-state index is -1.23. The maximum absolute atomic E-state index is 11.2. The fourth-order valence-corrected chi connectivity index (χ4v) is 1.40. The number of rotatable bonds is 7. The molecule has 0 amide bonds. The van der Waals surface area contributed by atoms with Crippen LogP contribution in [0.1, 0.15) is 27.2 Å². The van der Waals surface area contributed by atoms with Crippen molar-refractivity contribution in [2.75, 3.05) is 19.7 Å². The standard InChI is InChI=1S/C10H19NO4/c1-4-11(5-2)8(10(13)14)7-9(12)15-6-3/h8H,4-7H2,1-3H3,(H,13,14)/p-1/t8-/m0/s1. The fraction of sp³-hybridized carbons (Fsp3) is 0.800. The van der Waals surface area contributed by atoms with E-state index in [0.29, 0.717) is 13.1 Å². The summed E-state index contributed by atoms with van der Waals surface area (Å²) < 4.78 is 4.70. The van der Waals surface area contributed by atoms with E-state index in [-0.39, 0.29) is 13.0 Å². The van der Waals surface area contributed by atoms with Crippen LogP contribution >= 0.6 is 0 Å². The van der Waals surface area contributed by atoms with E-state index in [1.807, 2.05) is 13.8 Å².